The van der Waals surface area contributed by atoms with Crippen LogP contribution in [-0.4, -0.2) is 0 Å². The highest BCUT2D eigenvalue weighted by molar-refractivity contribution is 8.59. The smallest absolute Gasteiger partial charge is 0.147 e. The summed E-state index contributed by atoms with van der Waals surface area (Å²) in [5, 5.41) is 0. The molecular weight excluding hydrogens is 202 g/mol. The number of hydrogen-bond acceptors (Lipinski definition) is 2. The van der Waals surface area contributed by atoms with Crippen LogP contribution < -0.4 is 0 Å². The molecule has 2 nitrogen and oxygen atoms in total. The molecule has 1 atom stereocenters. The van der Waals surface area contributed by atoms with Gasteiger partial charge in [-0.3, -0.25) is 0 Å². The lowest BCUT2D eigenvalue weighted by molar-refractivity contribution is 0.460. The first kappa shape index (κ1) is 11.1. The number of thiol groups is 1. The molecule has 0 aromatic rings. The molecule has 0 amide bonds. The maximum absolute atomic E-state index is 5.35. The van der Waals surface area contributed by atoms with Gasteiger partial charge in [0.2, 0.25) is 0 Å². The minimum atomic E-state index is -0.485. The highest BCUT2D eigenvalue weighted by Crippen LogP contribution is 2.20. The van der Waals surface area contributed by atoms with Gasteiger partial charge in [-0.15, -0.1) is 0 Å². The second-order valence-electron chi connectivity index (χ2n) is 3.18. The molecule has 0 spiro atoms. The Labute approximate surface area is 87.9 Å². The molecule has 0 saturated carbocycles. The van der Waals surface area contributed by atoms with Gasteiger partial charge in [-0.1, -0.05) is 44.3 Å². The minimum absolute atomic E-state index is 0.485. The van der Waals surface area contributed by atoms with Crippen molar-refractivity contribution < 1.29 is 4.18 Å². The molecule has 0 aromatic heterocycles. The molecule has 0 radical (unpaired) electrons. The Morgan fingerprint density at radius 1 is 1.38 bits per heavy atom. The summed E-state index contributed by atoms with van der Waals surface area (Å²) in [6, 6.07) is 0. The Morgan fingerprint density at radius 3 is 2.77 bits per heavy atom. The van der Waals surface area contributed by atoms with E-state index >= 15 is 0 Å². The van der Waals surface area contributed by atoms with Gasteiger partial charge in [-0.05, 0) is 6.42 Å². The summed E-state index contributed by atoms with van der Waals surface area (Å²) in [4.78, 5) is 0. The highest BCUT2D eigenvalue weighted by Gasteiger charge is 2.06. The fourth-order valence-electron chi connectivity index (χ4n) is 1.25. The molecule has 1 rings (SSSR count). The van der Waals surface area contributed by atoms with E-state index in [-0.39, 0.29) is 0 Å². The second kappa shape index (κ2) is 6.49. The van der Waals surface area contributed by atoms with Crippen LogP contribution in [0.25, 0.3) is 0 Å². The molecule has 1 aliphatic heterocycles. The van der Waals surface area contributed by atoms with Crippen molar-refractivity contribution >= 4 is 21.7 Å². The first-order valence-corrected chi connectivity index (χ1v) is 7.00. The molecule has 13 heavy (non-hydrogen) atoms. The lowest BCUT2D eigenvalue weighted by Gasteiger charge is -2.02. The average Bonchev–Trinajstić information content (AvgIpc) is 2.51. The zero-order valence-corrected chi connectivity index (χ0v) is 9.74. The van der Waals surface area contributed by atoms with Gasteiger partial charge < -0.3 is 4.18 Å². The normalized spacial score (nSPS) is 20.8. The van der Waals surface area contributed by atoms with Crippen LogP contribution in [0.2, 0.25) is 0 Å². The molecule has 0 fully saturated rings. The van der Waals surface area contributed by atoms with Gasteiger partial charge in [0.15, 0.2) is 0 Å². The molecule has 1 heterocycles. The van der Waals surface area contributed by atoms with Crippen LogP contribution in [0.15, 0.2) is 16.3 Å². The van der Waals surface area contributed by atoms with Gasteiger partial charge in [0.25, 0.3) is 0 Å². The average molecular weight is 219 g/mol. The summed E-state index contributed by atoms with van der Waals surface area (Å²) in [7, 11) is -0.485. The second-order valence-corrected chi connectivity index (χ2v) is 4.96. The number of allylic oxidation sites excluding steroid dienone is 1. The van der Waals surface area contributed by atoms with Gasteiger partial charge in [-0.25, -0.2) is 0 Å². The lowest BCUT2D eigenvalue weighted by Crippen LogP contribution is -1.86. The molecule has 0 aromatic carbocycles. The van der Waals surface area contributed by atoms with E-state index in [0.29, 0.717) is 0 Å². The van der Waals surface area contributed by atoms with Crippen LogP contribution in [0.3, 0.4) is 0 Å². The Bertz CT molecular complexity index is 214. The summed E-state index contributed by atoms with van der Waals surface area (Å²) in [6.45, 7) is 2.23. The summed E-state index contributed by atoms with van der Waals surface area (Å²) in [5.41, 5.74) is 0. The number of nitrogens with zero attached hydrogens (tertiary/aromatic N) is 1. The predicted molar refractivity (Wildman–Crippen MR) is 61.3 cm³/mol. The first-order chi connectivity index (χ1) is 6.33. The van der Waals surface area contributed by atoms with Crippen molar-refractivity contribution in [2.24, 2.45) is 4.36 Å². The molecule has 76 valence electrons. The van der Waals surface area contributed by atoms with E-state index in [0.717, 1.165) is 12.2 Å². The molecule has 0 N–H and O–H groups in total. The largest absolute Gasteiger partial charge is 0.410 e. The van der Waals surface area contributed by atoms with Gasteiger partial charge in [0, 0.05) is 6.42 Å². The summed E-state index contributed by atoms with van der Waals surface area (Å²) in [6.07, 6.45) is 9.35. The zero-order chi connectivity index (χ0) is 9.52. The third kappa shape index (κ3) is 4.72. The van der Waals surface area contributed by atoms with Gasteiger partial charge in [0.05, 0.1) is 6.20 Å². The first-order valence-electron chi connectivity index (χ1n) is 4.84. The zero-order valence-electron chi connectivity index (χ0n) is 8.03. The van der Waals surface area contributed by atoms with Crippen molar-refractivity contribution in [1.82, 2.24) is 0 Å². The van der Waals surface area contributed by atoms with Crippen molar-refractivity contribution in [3.8, 4) is 0 Å². The topological polar surface area (TPSA) is 21.6 Å². The minimum Gasteiger partial charge on any atom is -0.410 e. The Hall–Kier alpha value is 0.0400. The van der Waals surface area contributed by atoms with Crippen molar-refractivity contribution in [2.75, 3.05) is 0 Å². The molecule has 4 heteroatoms. The fourth-order valence-corrected chi connectivity index (χ4v) is 2.25. The Balaban J connectivity index is 1.96. The third-order valence-corrected chi connectivity index (χ3v) is 3.15. The van der Waals surface area contributed by atoms with Crippen molar-refractivity contribution in [3.05, 3.63) is 12.0 Å². The van der Waals surface area contributed by atoms with Crippen LogP contribution in [0.1, 0.15) is 45.4 Å². The molecule has 0 saturated heterocycles. The SMILES string of the molecule is CCCCCCCC1=CN=S(S)O1. The van der Waals surface area contributed by atoms with E-state index in [1.54, 1.807) is 0 Å². The van der Waals surface area contributed by atoms with E-state index in [4.69, 9.17) is 4.18 Å². The van der Waals surface area contributed by atoms with E-state index in [1.807, 2.05) is 6.20 Å². The van der Waals surface area contributed by atoms with Crippen molar-refractivity contribution in [1.29, 1.82) is 0 Å². The van der Waals surface area contributed by atoms with Crippen LogP contribution >= 0.6 is 11.7 Å². The maximum Gasteiger partial charge on any atom is 0.147 e. The van der Waals surface area contributed by atoms with E-state index in [9.17, 15) is 0 Å². The summed E-state index contributed by atoms with van der Waals surface area (Å²) >= 11 is 4.12. The van der Waals surface area contributed by atoms with Gasteiger partial charge in [0.1, 0.15) is 15.8 Å². The number of rotatable bonds is 6. The third-order valence-electron chi connectivity index (χ3n) is 2.00. The molecule has 0 bridgehead atoms. The van der Waals surface area contributed by atoms with E-state index in [1.165, 1.54) is 32.1 Å². The van der Waals surface area contributed by atoms with E-state index < -0.39 is 10.0 Å². The quantitative estimate of drug-likeness (QED) is 0.410. The van der Waals surface area contributed by atoms with Crippen LogP contribution in [0, 0.1) is 0 Å². The Morgan fingerprint density at radius 2 is 2.15 bits per heavy atom. The van der Waals surface area contributed by atoms with Crippen LogP contribution in [-0.2, 0) is 14.2 Å². The van der Waals surface area contributed by atoms with Crippen LogP contribution in [0.4, 0.5) is 0 Å². The van der Waals surface area contributed by atoms with Gasteiger partial charge in [-0.2, -0.15) is 4.36 Å². The van der Waals surface area contributed by atoms with Gasteiger partial charge >= 0.3 is 0 Å². The maximum atomic E-state index is 5.35. The molecule has 1 aliphatic rings. The predicted octanol–water partition coefficient (Wildman–Crippen LogP) is 3.78. The van der Waals surface area contributed by atoms with Crippen molar-refractivity contribution in [2.45, 2.75) is 45.4 Å². The highest BCUT2D eigenvalue weighted by atomic mass is 33.1. The Kier molecular flexibility index (Phi) is 5.55. The molecule has 1 unspecified atom stereocenters. The monoisotopic (exact) mass is 219 g/mol. The fraction of sp³-hybridized carbons (Fsp3) is 0.778. The lowest BCUT2D eigenvalue weighted by atomic mass is 10.1. The summed E-state index contributed by atoms with van der Waals surface area (Å²) in [5.74, 6) is 1.01. The van der Waals surface area contributed by atoms with Crippen molar-refractivity contribution in [3.63, 3.8) is 0 Å². The molecular formula is C9H17NOS2. The van der Waals surface area contributed by atoms with Crippen LogP contribution in [0.5, 0.6) is 0 Å². The standard InChI is InChI=1S/C9H17NOS2/c1-2-3-4-5-6-7-9-8-10-13(12)11-9/h8H,2-7H2,1H3,(H,10,12). The number of hydrogen-bond donors (Lipinski definition) is 1. The van der Waals surface area contributed by atoms with E-state index in [2.05, 4.69) is 22.9 Å². The molecule has 0 aliphatic carbocycles. The summed E-state index contributed by atoms with van der Waals surface area (Å²) < 4.78 is 9.39. The number of unbranched alkanes of at least 4 members (excludes halogenated alkanes) is 4.